The predicted octanol–water partition coefficient (Wildman–Crippen LogP) is 7.84. The first-order chi connectivity index (χ1) is 15.3. The van der Waals surface area contributed by atoms with Crippen molar-refractivity contribution in [1.29, 1.82) is 0 Å². The number of hydrogen-bond donors (Lipinski definition) is 0. The van der Waals surface area contributed by atoms with Crippen LogP contribution in [0.4, 0.5) is 0 Å². The van der Waals surface area contributed by atoms with Crippen LogP contribution in [-0.2, 0) is 32.8 Å². The third-order valence-corrected chi connectivity index (χ3v) is 11.5. The van der Waals surface area contributed by atoms with Crippen LogP contribution in [-0.4, -0.2) is 18.8 Å². The van der Waals surface area contributed by atoms with E-state index in [0.717, 1.165) is 12.2 Å². The van der Waals surface area contributed by atoms with Gasteiger partial charge in [-0.3, -0.25) is 0 Å². The molecule has 0 heterocycles. The van der Waals surface area contributed by atoms with Gasteiger partial charge in [0.25, 0.3) is 0 Å². The lowest BCUT2D eigenvalue weighted by Crippen LogP contribution is -2.52. The second kappa shape index (κ2) is 11.6. The van der Waals surface area contributed by atoms with Gasteiger partial charge >= 0.3 is 11.9 Å². The van der Waals surface area contributed by atoms with Crippen LogP contribution in [0.3, 0.4) is 0 Å². The molecule has 0 N–H and O–H groups in total. The Bertz CT molecular complexity index is 933. The van der Waals surface area contributed by atoms with E-state index in [0.29, 0.717) is 11.1 Å². The van der Waals surface area contributed by atoms with Crippen molar-refractivity contribution in [3.8, 4) is 0 Å². The maximum absolute atomic E-state index is 12.2. The Balaban J connectivity index is 2.59. The van der Waals surface area contributed by atoms with E-state index in [4.69, 9.17) is 14.2 Å². The highest BCUT2D eigenvalue weighted by Gasteiger charge is 2.62. The van der Waals surface area contributed by atoms with Gasteiger partial charge in [0.2, 0.25) is 15.9 Å². The highest BCUT2D eigenvalue weighted by molar-refractivity contribution is 9.27. The molecule has 0 aromatic heterocycles. The van der Waals surface area contributed by atoms with Gasteiger partial charge in [-0.15, -0.1) is 0 Å². The van der Waals surface area contributed by atoms with Crippen molar-refractivity contribution in [2.45, 2.75) is 15.9 Å². The first-order valence-corrected chi connectivity index (χ1v) is 13.7. The van der Waals surface area contributed by atoms with E-state index < -0.39 is 27.8 Å². The Morgan fingerprint density at radius 2 is 0.939 bits per heavy atom. The molecule has 0 fully saturated rings. The SMILES string of the molecule is C=CC(=O)OC(Br)(c1ccccc1)C(Br)(Br)OC(Br)(Br)C(Br)(OC(=O)C=C)c1ccccc1. The maximum atomic E-state index is 12.2. The molecule has 5 nitrogen and oxygen atoms in total. The molecule has 2 atom stereocenters. The van der Waals surface area contributed by atoms with Gasteiger partial charge in [0.1, 0.15) is 0 Å². The first-order valence-electron chi connectivity index (χ1n) is 8.98. The van der Waals surface area contributed by atoms with Crippen LogP contribution in [0.1, 0.15) is 11.1 Å². The van der Waals surface area contributed by atoms with Crippen LogP contribution >= 0.6 is 95.6 Å². The number of benzene rings is 2. The van der Waals surface area contributed by atoms with Gasteiger partial charge in [0.15, 0.2) is 0 Å². The Kier molecular flexibility index (Phi) is 10.2. The van der Waals surface area contributed by atoms with Crippen molar-refractivity contribution < 1.29 is 23.8 Å². The summed E-state index contributed by atoms with van der Waals surface area (Å²) in [4.78, 5) is 24.5. The van der Waals surface area contributed by atoms with Crippen molar-refractivity contribution in [3.63, 3.8) is 0 Å². The average Bonchev–Trinajstić information content (AvgIpc) is 2.78. The summed E-state index contributed by atoms with van der Waals surface area (Å²) in [7, 11) is 0. The van der Waals surface area contributed by atoms with Gasteiger partial charge in [-0.1, -0.05) is 73.8 Å². The van der Waals surface area contributed by atoms with Gasteiger partial charge in [0, 0.05) is 23.3 Å². The van der Waals surface area contributed by atoms with Crippen LogP contribution in [0.5, 0.6) is 0 Å². The largest absolute Gasteiger partial charge is 0.434 e. The minimum Gasteiger partial charge on any atom is -0.434 e. The number of hydrogen-bond acceptors (Lipinski definition) is 5. The third-order valence-electron chi connectivity index (χ3n) is 4.11. The van der Waals surface area contributed by atoms with Crippen molar-refractivity contribution in [1.82, 2.24) is 0 Å². The number of carbonyl (C=O) groups is 2. The Labute approximate surface area is 242 Å². The van der Waals surface area contributed by atoms with Gasteiger partial charge in [0.05, 0.1) is 0 Å². The number of carbonyl (C=O) groups excluding carboxylic acids is 2. The van der Waals surface area contributed by atoms with E-state index in [1.54, 1.807) is 48.5 Å². The zero-order valence-electron chi connectivity index (χ0n) is 16.7. The fourth-order valence-corrected chi connectivity index (χ4v) is 6.62. The predicted molar refractivity (Wildman–Crippen MR) is 149 cm³/mol. The molecule has 2 aromatic carbocycles. The van der Waals surface area contributed by atoms with E-state index in [1.807, 2.05) is 12.1 Å². The smallest absolute Gasteiger partial charge is 0.332 e. The quantitative estimate of drug-likeness (QED) is 0.139. The third kappa shape index (κ3) is 6.48. The summed E-state index contributed by atoms with van der Waals surface area (Å²) >= 11 is 20.9. The first kappa shape index (κ1) is 28.9. The molecule has 0 saturated carbocycles. The second-order valence-corrected chi connectivity index (χ2v) is 15.1. The Hall–Kier alpha value is -0.300. The van der Waals surface area contributed by atoms with E-state index in [9.17, 15) is 9.59 Å². The summed E-state index contributed by atoms with van der Waals surface area (Å²) in [6, 6.07) is 17.6. The molecule has 176 valence electrons. The molecular weight excluding hydrogens is 824 g/mol. The van der Waals surface area contributed by atoms with Crippen LogP contribution in [0.15, 0.2) is 86.0 Å². The summed E-state index contributed by atoms with van der Waals surface area (Å²) in [6.07, 6.45) is 2.05. The molecule has 0 radical (unpaired) electrons. The summed E-state index contributed by atoms with van der Waals surface area (Å²) < 4.78 is 11.1. The average molecular weight is 840 g/mol. The summed E-state index contributed by atoms with van der Waals surface area (Å²) in [6.45, 7) is 6.91. The number of halogens is 6. The normalized spacial score (nSPS) is 15.5. The van der Waals surface area contributed by atoms with Crippen LogP contribution in [0.25, 0.3) is 0 Å². The number of esters is 2. The van der Waals surface area contributed by atoms with E-state index in [2.05, 4.69) is 109 Å². The molecule has 0 spiro atoms. The van der Waals surface area contributed by atoms with Gasteiger partial charge < -0.3 is 14.2 Å². The second-order valence-electron chi connectivity index (χ2n) is 6.31. The topological polar surface area (TPSA) is 61.8 Å². The van der Waals surface area contributed by atoms with Gasteiger partial charge in [-0.05, 0) is 95.6 Å². The number of rotatable bonds is 10. The van der Waals surface area contributed by atoms with E-state index in [-0.39, 0.29) is 0 Å². The molecule has 0 bridgehead atoms. The van der Waals surface area contributed by atoms with Crippen LogP contribution < -0.4 is 0 Å². The van der Waals surface area contributed by atoms with E-state index >= 15 is 0 Å². The summed E-state index contributed by atoms with van der Waals surface area (Å²) in [5.41, 5.74) is 1.04. The standard InChI is InChI=1S/C22H16Br6O5/c1-3-17(29)31-19(23,15-11-7-5-8-12-15)21(25,26)33-22(27,28)20(24,32-18(30)4-2)16-13-9-6-10-14-16/h3-14H,1-2H2. The molecule has 2 unspecified atom stereocenters. The molecule has 11 heteroatoms. The van der Waals surface area contributed by atoms with Crippen LogP contribution in [0.2, 0.25) is 0 Å². The number of ether oxygens (including phenoxy) is 3. The molecule has 0 aliphatic heterocycles. The lowest BCUT2D eigenvalue weighted by Gasteiger charge is -2.45. The molecule has 0 aliphatic rings. The van der Waals surface area contributed by atoms with Gasteiger partial charge in [-0.2, -0.15) is 0 Å². The molecule has 0 aliphatic carbocycles. The van der Waals surface area contributed by atoms with Crippen molar-refractivity contribution in [3.05, 3.63) is 97.1 Å². The molecule has 0 amide bonds. The fourth-order valence-electron chi connectivity index (χ4n) is 2.53. The lowest BCUT2D eigenvalue weighted by atomic mass is 10.1. The summed E-state index contributed by atoms with van der Waals surface area (Å²) in [5, 5.41) is 0. The summed E-state index contributed by atoms with van der Waals surface area (Å²) in [5.74, 6) is -1.44. The number of alkyl halides is 6. The molecule has 2 aromatic rings. The molecule has 33 heavy (non-hydrogen) atoms. The molecule has 0 saturated heterocycles. The van der Waals surface area contributed by atoms with E-state index in [1.165, 1.54) is 0 Å². The maximum Gasteiger partial charge on any atom is 0.332 e. The molecule has 2 rings (SSSR count). The highest BCUT2D eigenvalue weighted by atomic mass is 79.9. The van der Waals surface area contributed by atoms with Gasteiger partial charge in [-0.25, -0.2) is 9.59 Å². The van der Waals surface area contributed by atoms with Crippen molar-refractivity contribution >= 4 is 108 Å². The Morgan fingerprint density at radius 3 is 1.21 bits per heavy atom. The monoisotopic (exact) mass is 834 g/mol. The van der Waals surface area contributed by atoms with Crippen LogP contribution in [0, 0.1) is 0 Å². The van der Waals surface area contributed by atoms with Crippen molar-refractivity contribution in [2.75, 3.05) is 0 Å². The minimum atomic E-state index is -1.64. The molecular formula is C22H16Br6O5. The highest BCUT2D eigenvalue weighted by Crippen LogP contribution is 2.61. The Morgan fingerprint density at radius 1 is 0.636 bits per heavy atom. The zero-order chi connectivity index (χ0) is 24.9. The fraction of sp³-hybridized carbons (Fsp3) is 0.182. The van der Waals surface area contributed by atoms with Crippen molar-refractivity contribution in [2.24, 2.45) is 0 Å². The minimum absolute atomic E-state index is 0.521. The zero-order valence-corrected chi connectivity index (χ0v) is 26.2. The lowest BCUT2D eigenvalue weighted by molar-refractivity contribution is -0.164.